The van der Waals surface area contributed by atoms with Crippen molar-refractivity contribution in [1.29, 1.82) is 0 Å². The summed E-state index contributed by atoms with van der Waals surface area (Å²) in [7, 11) is -3.30. The van der Waals surface area contributed by atoms with Gasteiger partial charge in [0.1, 0.15) is 0 Å². The van der Waals surface area contributed by atoms with Crippen LogP contribution in [0.1, 0.15) is 42.2 Å². The SMILES string of the molecule is CCCS(=O)(=O)N1CCC(CNC(=O)c2ccccc2)(c2cccc(F)n2)CC1. The predicted molar refractivity (Wildman–Crippen MR) is 110 cm³/mol. The van der Waals surface area contributed by atoms with E-state index < -0.39 is 21.4 Å². The second-order valence-electron chi connectivity index (χ2n) is 7.39. The molecule has 1 aromatic carbocycles. The molecule has 1 amide bonds. The third-order valence-corrected chi connectivity index (χ3v) is 7.49. The van der Waals surface area contributed by atoms with Gasteiger partial charge in [0.2, 0.25) is 16.0 Å². The van der Waals surface area contributed by atoms with Crippen molar-refractivity contribution in [2.24, 2.45) is 0 Å². The van der Waals surface area contributed by atoms with E-state index in [1.165, 1.54) is 10.4 Å². The van der Waals surface area contributed by atoms with Crippen molar-refractivity contribution in [3.8, 4) is 0 Å². The highest BCUT2D eigenvalue weighted by Crippen LogP contribution is 2.35. The first kappa shape index (κ1) is 21.4. The highest BCUT2D eigenvalue weighted by Gasteiger charge is 2.40. The number of aromatic nitrogens is 1. The number of benzene rings is 1. The summed E-state index contributed by atoms with van der Waals surface area (Å²) < 4.78 is 40.1. The summed E-state index contributed by atoms with van der Waals surface area (Å²) in [6, 6.07) is 13.5. The van der Waals surface area contributed by atoms with Crippen LogP contribution in [0.5, 0.6) is 0 Å². The smallest absolute Gasteiger partial charge is 0.251 e. The largest absolute Gasteiger partial charge is 0.351 e. The summed E-state index contributed by atoms with van der Waals surface area (Å²) in [6.45, 7) is 2.74. The second kappa shape index (κ2) is 9.00. The van der Waals surface area contributed by atoms with Gasteiger partial charge in [-0.1, -0.05) is 31.2 Å². The molecular weight excluding hydrogens is 393 g/mol. The molecule has 8 heteroatoms. The minimum atomic E-state index is -3.30. The van der Waals surface area contributed by atoms with E-state index in [0.717, 1.165) is 0 Å². The first-order valence-electron chi connectivity index (χ1n) is 9.80. The van der Waals surface area contributed by atoms with Crippen LogP contribution in [0.4, 0.5) is 4.39 Å². The number of nitrogens with zero attached hydrogens (tertiary/aromatic N) is 2. The number of carbonyl (C=O) groups is 1. The molecule has 1 aliphatic rings. The molecule has 1 N–H and O–H groups in total. The Morgan fingerprint density at radius 1 is 1.14 bits per heavy atom. The number of hydrogen-bond donors (Lipinski definition) is 1. The molecule has 1 fully saturated rings. The molecule has 2 aromatic rings. The van der Waals surface area contributed by atoms with E-state index in [0.29, 0.717) is 43.6 Å². The number of halogens is 1. The van der Waals surface area contributed by atoms with Crippen LogP contribution < -0.4 is 5.32 Å². The van der Waals surface area contributed by atoms with Gasteiger partial charge in [-0.2, -0.15) is 4.39 Å². The van der Waals surface area contributed by atoms with Gasteiger partial charge in [0, 0.05) is 30.6 Å². The topological polar surface area (TPSA) is 79.4 Å². The van der Waals surface area contributed by atoms with Crippen LogP contribution >= 0.6 is 0 Å². The van der Waals surface area contributed by atoms with Crippen LogP contribution in [0.2, 0.25) is 0 Å². The van der Waals surface area contributed by atoms with E-state index in [2.05, 4.69) is 10.3 Å². The van der Waals surface area contributed by atoms with Crippen molar-refractivity contribution in [2.45, 2.75) is 31.6 Å². The molecule has 0 atom stereocenters. The fourth-order valence-electron chi connectivity index (χ4n) is 3.75. The standard InChI is InChI=1S/C21H26FN3O3S/c1-2-15-29(27,28)25-13-11-21(12-14-25,18-9-6-10-19(22)24-18)16-23-20(26)17-7-4-3-5-8-17/h3-10H,2,11-16H2,1H3,(H,23,26). The molecule has 1 saturated heterocycles. The highest BCUT2D eigenvalue weighted by molar-refractivity contribution is 7.89. The van der Waals surface area contributed by atoms with Crippen molar-refractivity contribution in [3.05, 3.63) is 65.7 Å². The Hall–Kier alpha value is -2.32. The Labute approximate surface area is 171 Å². The summed E-state index contributed by atoms with van der Waals surface area (Å²) in [5, 5.41) is 2.94. The number of carbonyl (C=O) groups excluding carboxylic acids is 1. The zero-order valence-electron chi connectivity index (χ0n) is 16.5. The number of nitrogens with one attached hydrogen (secondary N) is 1. The summed E-state index contributed by atoms with van der Waals surface area (Å²) in [5.41, 5.74) is 0.460. The van der Waals surface area contributed by atoms with E-state index in [9.17, 15) is 17.6 Å². The van der Waals surface area contributed by atoms with E-state index in [1.54, 1.807) is 36.4 Å². The van der Waals surface area contributed by atoms with Gasteiger partial charge in [0.05, 0.1) is 11.4 Å². The summed E-state index contributed by atoms with van der Waals surface area (Å²) in [6.07, 6.45) is 1.48. The fourth-order valence-corrected chi connectivity index (χ4v) is 5.26. The summed E-state index contributed by atoms with van der Waals surface area (Å²) in [5.74, 6) is -0.692. The maximum Gasteiger partial charge on any atom is 0.251 e. The van der Waals surface area contributed by atoms with Crippen molar-refractivity contribution in [3.63, 3.8) is 0 Å². The molecule has 1 aromatic heterocycles. The number of pyridine rings is 1. The van der Waals surface area contributed by atoms with E-state index in [4.69, 9.17) is 0 Å². The number of sulfonamides is 1. The first-order chi connectivity index (χ1) is 13.9. The quantitative estimate of drug-likeness (QED) is 0.700. The summed E-state index contributed by atoms with van der Waals surface area (Å²) >= 11 is 0. The van der Waals surface area contributed by atoms with E-state index >= 15 is 0 Å². The van der Waals surface area contributed by atoms with Crippen LogP contribution in [0, 0.1) is 5.95 Å². The summed E-state index contributed by atoms with van der Waals surface area (Å²) in [4.78, 5) is 16.6. The zero-order valence-corrected chi connectivity index (χ0v) is 17.3. The van der Waals surface area contributed by atoms with E-state index in [-0.39, 0.29) is 18.2 Å². The van der Waals surface area contributed by atoms with Gasteiger partial charge >= 0.3 is 0 Å². The second-order valence-corrected chi connectivity index (χ2v) is 9.48. The monoisotopic (exact) mass is 419 g/mol. The minimum Gasteiger partial charge on any atom is -0.351 e. The first-order valence-corrected chi connectivity index (χ1v) is 11.4. The third kappa shape index (κ3) is 5.00. The highest BCUT2D eigenvalue weighted by atomic mass is 32.2. The number of amides is 1. The lowest BCUT2D eigenvalue weighted by molar-refractivity contribution is 0.0932. The molecule has 6 nitrogen and oxygen atoms in total. The number of rotatable bonds is 7. The molecule has 0 radical (unpaired) electrons. The molecule has 3 rings (SSSR count). The lowest BCUT2D eigenvalue weighted by Crippen LogP contribution is -2.51. The van der Waals surface area contributed by atoms with Gasteiger partial charge in [-0.05, 0) is 43.5 Å². The van der Waals surface area contributed by atoms with Gasteiger partial charge in [-0.25, -0.2) is 17.7 Å². The Balaban J connectivity index is 1.80. The molecule has 0 bridgehead atoms. The van der Waals surface area contributed by atoms with Crippen LogP contribution in [-0.4, -0.2) is 49.0 Å². The van der Waals surface area contributed by atoms with Crippen molar-refractivity contribution in [1.82, 2.24) is 14.6 Å². The fraction of sp³-hybridized carbons (Fsp3) is 0.429. The molecule has 0 unspecified atom stereocenters. The van der Waals surface area contributed by atoms with Crippen LogP contribution in [0.3, 0.4) is 0 Å². The number of hydrogen-bond acceptors (Lipinski definition) is 4. The third-order valence-electron chi connectivity index (χ3n) is 5.42. The molecule has 0 spiro atoms. The Morgan fingerprint density at radius 2 is 1.83 bits per heavy atom. The maximum absolute atomic E-state index is 13.8. The average Bonchev–Trinajstić information content (AvgIpc) is 2.73. The molecule has 0 saturated carbocycles. The normalized spacial score (nSPS) is 17.0. The van der Waals surface area contributed by atoms with Gasteiger partial charge in [-0.3, -0.25) is 4.79 Å². The molecule has 1 aliphatic heterocycles. The van der Waals surface area contributed by atoms with Gasteiger partial charge in [-0.15, -0.1) is 0 Å². The van der Waals surface area contributed by atoms with Gasteiger partial charge in [0.15, 0.2) is 0 Å². The molecule has 29 heavy (non-hydrogen) atoms. The average molecular weight is 420 g/mol. The van der Waals surface area contributed by atoms with Crippen LogP contribution in [0.15, 0.2) is 48.5 Å². The predicted octanol–water partition coefficient (Wildman–Crippen LogP) is 2.72. The molecular formula is C21H26FN3O3S. The Morgan fingerprint density at radius 3 is 2.45 bits per heavy atom. The van der Waals surface area contributed by atoms with E-state index in [1.807, 2.05) is 13.0 Å². The van der Waals surface area contributed by atoms with Gasteiger partial charge < -0.3 is 5.32 Å². The van der Waals surface area contributed by atoms with Gasteiger partial charge in [0.25, 0.3) is 5.91 Å². The van der Waals surface area contributed by atoms with Crippen LogP contribution in [0.25, 0.3) is 0 Å². The van der Waals surface area contributed by atoms with Crippen LogP contribution in [-0.2, 0) is 15.4 Å². The maximum atomic E-state index is 13.8. The number of piperidine rings is 1. The van der Waals surface area contributed by atoms with Crippen molar-refractivity contribution < 1.29 is 17.6 Å². The lowest BCUT2D eigenvalue weighted by atomic mass is 9.75. The minimum absolute atomic E-state index is 0.114. The zero-order chi connectivity index (χ0) is 20.9. The molecule has 2 heterocycles. The lowest BCUT2D eigenvalue weighted by Gasteiger charge is -2.41. The Bertz CT molecular complexity index is 943. The molecule has 0 aliphatic carbocycles. The Kier molecular flexibility index (Phi) is 6.64. The van der Waals surface area contributed by atoms with Crippen molar-refractivity contribution >= 4 is 15.9 Å². The van der Waals surface area contributed by atoms with Crippen molar-refractivity contribution in [2.75, 3.05) is 25.4 Å². The molecule has 156 valence electrons.